The number of carbonyl (C=O) groups is 1. The van der Waals surface area contributed by atoms with Gasteiger partial charge in [-0.05, 0) is 59.2 Å². The third-order valence-electron chi connectivity index (χ3n) is 5.97. The molecule has 3 N–H and O–H groups in total. The summed E-state index contributed by atoms with van der Waals surface area (Å²) >= 11 is 0. The second-order valence-electron chi connectivity index (χ2n) is 7.68. The second kappa shape index (κ2) is 6.66. The molecule has 4 aromatic rings. The van der Waals surface area contributed by atoms with Gasteiger partial charge in [-0.15, -0.1) is 0 Å². The fraction of sp³-hybridized carbons (Fsp3) is 0.0800. The first-order chi connectivity index (χ1) is 14.7. The van der Waals surface area contributed by atoms with Crippen molar-refractivity contribution in [3.05, 3.63) is 95.2 Å². The Morgan fingerprint density at radius 1 is 1.00 bits per heavy atom. The molecular weight excluding hydrogens is 389 g/mol. The van der Waals surface area contributed by atoms with Gasteiger partial charge in [0.05, 0.1) is 5.66 Å². The van der Waals surface area contributed by atoms with E-state index in [1.807, 2.05) is 37.4 Å². The van der Waals surface area contributed by atoms with Crippen molar-refractivity contribution in [2.45, 2.75) is 5.66 Å². The van der Waals surface area contributed by atoms with Gasteiger partial charge in [-0.3, -0.25) is 9.88 Å². The van der Waals surface area contributed by atoms with Gasteiger partial charge in [0.25, 0.3) is 5.91 Å². The van der Waals surface area contributed by atoms with E-state index in [0.29, 0.717) is 5.66 Å². The van der Waals surface area contributed by atoms with Gasteiger partial charge in [0.1, 0.15) is 0 Å². The Morgan fingerprint density at radius 2 is 1.83 bits per heavy atom. The highest BCUT2D eigenvalue weighted by Gasteiger charge is 2.39. The number of fused-ring (bicyclic) bond motifs is 3. The maximum absolute atomic E-state index is 12.5. The molecule has 1 aromatic heterocycles. The number of hydrogen-bond acceptors (Lipinski definition) is 2. The zero-order valence-corrected chi connectivity index (χ0v) is 17.3. The van der Waals surface area contributed by atoms with E-state index in [9.17, 15) is 4.79 Å². The highest BCUT2D eigenvalue weighted by Crippen LogP contribution is 2.59. The van der Waals surface area contributed by atoms with Crippen molar-refractivity contribution in [1.82, 2.24) is 10.1 Å². The lowest BCUT2D eigenvalue weighted by atomic mass is 10.0. The summed E-state index contributed by atoms with van der Waals surface area (Å²) in [4.78, 5) is 16.1. The number of amides is 1. The van der Waals surface area contributed by atoms with Gasteiger partial charge in [-0.1, -0.05) is 48.5 Å². The van der Waals surface area contributed by atoms with Crippen LogP contribution < -0.4 is 15.7 Å². The largest absolute Gasteiger partial charge is 0.358 e. The van der Waals surface area contributed by atoms with E-state index >= 15 is 0 Å². The zero-order chi connectivity index (χ0) is 20.2. The molecule has 1 amide bonds. The summed E-state index contributed by atoms with van der Waals surface area (Å²) in [6.07, 6.45) is 2.00. The van der Waals surface area contributed by atoms with Crippen LogP contribution in [0.1, 0.15) is 28.0 Å². The fourth-order valence-electron chi connectivity index (χ4n) is 4.55. The van der Waals surface area contributed by atoms with Crippen LogP contribution in [0.3, 0.4) is 0 Å². The van der Waals surface area contributed by atoms with Gasteiger partial charge >= 0.3 is 0 Å². The molecule has 2 aliphatic heterocycles. The van der Waals surface area contributed by atoms with Crippen molar-refractivity contribution in [3.63, 3.8) is 0 Å². The Kier molecular flexibility index (Phi) is 3.92. The summed E-state index contributed by atoms with van der Waals surface area (Å²) in [7, 11) is 1.54. The third-order valence-corrected chi connectivity index (χ3v) is 8.44. The van der Waals surface area contributed by atoms with E-state index < -0.39 is 8.07 Å². The van der Waals surface area contributed by atoms with Gasteiger partial charge in [0.2, 0.25) is 0 Å². The number of anilines is 1. The van der Waals surface area contributed by atoms with Crippen LogP contribution in [-0.4, -0.2) is 17.9 Å². The van der Waals surface area contributed by atoms with Crippen LogP contribution in [0.2, 0.25) is 0 Å². The molecule has 0 saturated heterocycles. The van der Waals surface area contributed by atoms with Crippen molar-refractivity contribution in [1.29, 1.82) is 0 Å². The topological polar surface area (TPSA) is 56.9 Å². The van der Waals surface area contributed by atoms with Crippen LogP contribution in [-0.2, 0) is 4.79 Å². The van der Waals surface area contributed by atoms with Crippen LogP contribution in [0.25, 0.3) is 22.6 Å². The molecule has 2 atom stereocenters. The third kappa shape index (κ3) is 2.58. The first kappa shape index (κ1) is 17.6. The van der Waals surface area contributed by atoms with Crippen molar-refractivity contribution in [2.24, 2.45) is 0 Å². The number of para-hydroxylation sites is 2. The highest BCUT2D eigenvalue weighted by atomic mass is 31.1. The van der Waals surface area contributed by atoms with Crippen molar-refractivity contribution in [3.8, 4) is 0 Å². The molecule has 2 aliphatic rings. The average molecular weight is 409 g/mol. The van der Waals surface area contributed by atoms with Gasteiger partial charge < -0.3 is 10.3 Å². The second-order valence-corrected chi connectivity index (χ2v) is 9.87. The summed E-state index contributed by atoms with van der Waals surface area (Å²) in [5.74, 6) is -0.0364. The lowest BCUT2D eigenvalue weighted by molar-refractivity contribution is -0.110. The molecule has 3 heterocycles. The predicted molar refractivity (Wildman–Crippen MR) is 125 cm³/mol. The number of rotatable bonds is 3. The molecule has 0 fully saturated rings. The van der Waals surface area contributed by atoms with Gasteiger partial charge in [0.15, 0.2) is 0 Å². The number of carbonyl (C=O) groups excluding carboxylic acids is 1. The number of hydrogen-bond donors (Lipinski definition) is 3. The monoisotopic (exact) mass is 409 g/mol. The molecule has 4 nitrogen and oxygen atoms in total. The molecule has 3 aromatic carbocycles. The summed E-state index contributed by atoms with van der Waals surface area (Å²) in [5, 5.41) is 9.10. The molecule has 6 rings (SSSR count). The molecule has 0 bridgehead atoms. The van der Waals surface area contributed by atoms with Crippen LogP contribution >= 0.6 is 8.07 Å². The van der Waals surface area contributed by atoms with Crippen LogP contribution in [0.5, 0.6) is 0 Å². The predicted octanol–water partition coefficient (Wildman–Crippen LogP) is 5.01. The smallest absolute Gasteiger partial charge is 0.256 e. The van der Waals surface area contributed by atoms with E-state index in [0.717, 1.165) is 22.4 Å². The Bertz CT molecular complexity index is 1320. The molecule has 0 radical (unpaired) electrons. The minimum absolute atomic E-state index is 0.0364. The standard InChI is InChI=1S/C25H20N3OP/c1-26-30-23-13-15(12-19-17-7-3-5-9-21(17)28-25(19)29)10-11-18(23)24(30)22-14-16-6-2-4-8-20(16)27-22/h2-14,24,26-27H,1H3,(H,28,29)/b19-12+. The number of H-pyrrole nitrogens is 1. The maximum Gasteiger partial charge on any atom is 0.256 e. The number of benzene rings is 3. The zero-order valence-electron chi connectivity index (χ0n) is 16.4. The van der Waals surface area contributed by atoms with Crippen LogP contribution in [0.4, 0.5) is 5.69 Å². The van der Waals surface area contributed by atoms with Gasteiger partial charge in [-0.25, -0.2) is 0 Å². The quantitative estimate of drug-likeness (QED) is 0.329. The molecule has 146 valence electrons. The minimum Gasteiger partial charge on any atom is -0.358 e. The molecule has 0 spiro atoms. The molecule has 0 saturated carbocycles. The normalized spacial score (nSPS) is 20.7. The molecule has 2 unspecified atom stereocenters. The van der Waals surface area contributed by atoms with Crippen LogP contribution in [0, 0.1) is 0 Å². The fourth-order valence-corrected chi connectivity index (χ4v) is 6.81. The van der Waals surface area contributed by atoms with E-state index in [1.165, 1.54) is 27.5 Å². The Hall–Kier alpha value is -3.20. The van der Waals surface area contributed by atoms with E-state index in [-0.39, 0.29) is 5.91 Å². The first-order valence-corrected chi connectivity index (χ1v) is 11.4. The number of nitrogens with one attached hydrogen (secondary N) is 3. The molecule has 5 heteroatoms. The summed E-state index contributed by atoms with van der Waals surface area (Å²) in [6.45, 7) is 0. The van der Waals surface area contributed by atoms with Crippen LogP contribution in [0.15, 0.2) is 72.8 Å². The number of aromatic nitrogens is 1. The Labute approximate surface area is 175 Å². The summed E-state index contributed by atoms with van der Waals surface area (Å²) < 4.78 is 0. The number of aromatic amines is 1. The molecule has 30 heavy (non-hydrogen) atoms. The average Bonchev–Trinajstić information content (AvgIpc) is 3.30. The van der Waals surface area contributed by atoms with E-state index in [4.69, 9.17) is 0 Å². The van der Waals surface area contributed by atoms with Gasteiger partial charge in [0, 0.05) is 36.1 Å². The lowest BCUT2D eigenvalue weighted by Crippen LogP contribution is -2.32. The SMILES string of the molecule is CNP1c2cc(/C=C3/C(=O)Nc4ccccc43)ccc2C1c1cc2ccccc2[nH]1. The van der Waals surface area contributed by atoms with Gasteiger partial charge in [-0.2, -0.15) is 0 Å². The minimum atomic E-state index is -0.497. The van der Waals surface area contributed by atoms with Crippen molar-refractivity contribution >= 4 is 47.5 Å². The van der Waals surface area contributed by atoms with Crippen molar-refractivity contribution < 1.29 is 4.79 Å². The van der Waals surface area contributed by atoms with E-state index in [1.54, 1.807) is 0 Å². The van der Waals surface area contributed by atoms with E-state index in [2.05, 4.69) is 63.9 Å². The lowest BCUT2D eigenvalue weighted by Gasteiger charge is -2.39. The molecular formula is C25H20N3OP. The Morgan fingerprint density at radius 3 is 2.70 bits per heavy atom. The highest BCUT2D eigenvalue weighted by molar-refractivity contribution is 7.66. The maximum atomic E-state index is 12.5. The summed E-state index contributed by atoms with van der Waals surface area (Å²) in [5.41, 5.74) is 7.81. The van der Waals surface area contributed by atoms with Crippen molar-refractivity contribution in [2.75, 3.05) is 12.4 Å². The molecule has 0 aliphatic carbocycles. The Balaban J connectivity index is 1.38. The first-order valence-electron chi connectivity index (χ1n) is 10.0. The summed E-state index contributed by atoms with van der Waals surface area (Å²) in [6, 6.07) is 25.1.